The Morgan fingerprint density at radius 2 is 1.73 bits per heavy atom. The molecule has 2 N–H and O–H groups in total. The molecule has 1 fully saturated rings. The molecule has 1 aliphatic rings. The molecule has 1 aromatic rings. The van der Waals surface area contributed by atoms with Gasteiger partial charge in [0.15, 0.2) is 0 Å². The Hall–Kier alpha value is -0.823. The minimum Gasteiger partial charge on any atom is -0.397 e. The van der Waals surface area contributed by atoms with Crippen LogP contribution in [0, 0.1) is 0 Å². The molecule has 2 rings (SSSR count). The summed E-state index contributed by atoms with van der Waals surface area (Å²) in [5, 5.41) is 0.557. The van der Waals surface area contributed by atoms with Gasteiger partial charge in [-0.3, -0.25) is 0 Å². The lowest BCUT2D eigenvalue weighted by Crippen LogP contribution is -2.64. The van der Waals surface area contributed by atoms with Gasteiger partial charge in [-0.1, -0.05) is 57.6 Å². The van der Waals surface area contributed by atoms with E-state index in [1.807, 2.05) is 0 Å². The zero-order valence-corrected chi connectivity index (χ0v) is 16.2. The number of hydrogen-bond acceptors (Lipinski definition) is 3. The van der Waals surface area contributed by atoms with Crippen LogP contribution in [0.15, 0.2) is 29.2 Å². The number of hydrogen-bond donors (Lipinski definition) is 1. The van der Waals surface area contributed by atoms with Crippen molar-refractivity contribution in [3.63, 3.8) is 0 Å². The van der Waals surface area contributed by atoms with Gasteiger partial charge in [0.05, 0.1) is 10.6 Å². The Kier molecular flexibility index (Phi) is 4.28. The molecule has 0 atom stereocenters. The summed E-state index contributed by atoms with van der Waals surface area (Å²) in [5.41, 5.74) is 7.10. The van der Waals surface area contributed by atoms with Crippen molar-refractivity contribution in [2.75, 3.05) is 6.54 Å². The maximum Gasteiger partial charge on any atom is 0.237 e. The van der Waals surface area contributed by atoms with E-state index in [-0.39, 0.29) is 5.04 Å². The van der Waals surface area contributed by atoms with E-state index in [9.17, 15) is 8.42 Å². The summed E-state index contributed by atoms with van der Waals surface area (Å²) < 4.78 is 27.1. The van der Waals surface area contributed by atoms with Crippen LogP contribution in [-0.4, -0.2) is 27.2 Å². The zero-order valence-electron chi connectivity index (χ0n) is 13.6. The summed E-state index contributed by atoms with van der Waals surface area (Å²) in [4.78, 5) is 0.319. The molecule has 0 aromatic heterocycles. The van der Waals surface area contributed by atoms with Gasteiger partial charge in [0.2, 0.25) is 10.0 Å². The fourth-order valence-corrected chi connectivity index (χ4v) is 8.39. The number of benzene rings is 1. The molecule has 7 heteroatoms. The molecule has 0 amide bonds. The highest BCUT2D eigenvalue weighted by Gasteiger charge is 2.54. The van der Waals surface area contributed by atoms with Gasteiger partial charge in [-0.15, -0.1) is 0 Å². The summed E-state index contributed by atoms with van der Waals surface area (Å²) in [6.07, 6.45) is 0. The van der Waals surface area contributed by atoms with E-state index < -0.39 is 18.3 Å². The van der Waals surface area contributed by atoms with Crippen LogP contribution in [0.4, 0.5) is 0 Å². The smallest absolute Gasteiger partial charge is 0.237 e. The van der Waals surface area contributed by atoms with Crippen LogP contribution in [-0.2, 0) is 10.0 Å². The van der Waals surface area contributed by atoms with E-state index in [0.717, 1.165) is 0 Å². The molecule has 4 nitrogen and oxygen atoms in total. The molecular formula is C15H23ClN2O2SSi. The third kappa shape index (κ3) is 2.73. The molecule has 1 heterocycles. The third-order valence-corrected chi connectivity index (χ3v) is 13.9. The van der Waals surface area contributed by atoms with Crippen LogP contribution in [0.2, 0.25) is 23.2 Å². The van der Waals surface area contributed by atoms with Gasteiger partial charge in [-0.05, 0) is 22.7 Å². The number of sulfonamides is 1. The van der Waals surface area contributed by atoms with Crippen molar-refractivity contribution in [3.8, 4) is 0 Å². The molecule has 22 heavy (non-hydrogen) atoms. The van der Waals surface area contributed by atoms with Gasteiger partial charge in [0.25, 0.3) is 0 Å². The fraction of sp³-hybridized carbons (Fsp3) is 0.467. The van der Waals surface area contributed by atoms with Gasteiger partial charge in [-0.25, -0.2) is 12.4 Å². The average Bonchev–Trinajstić information content (AvgIpc) is 2.36. The maximum atomic E-state index is 12.7. The molecule has 1 saturated heterocycles. The minimum atomic E-state index is -3.44. The largest absolute Gasteiger partial charge is 0.397 e. The van der Waals surface area contributed by atoms with Crippen molar-refractivity contribution in [2.45, 2.75) is 38.9 Å². The Morgan fingerprint density at radius 1 is 1.23 bits per heavy atom. The lowest BCUT2D eigenvalue weighted by Gasteiger charge is -2.50. The fourth-order valence-electron chi connectivity index (χ4n) is 2.25. The molecule has 0 spiro atoms. The van der Waals surface area contributed by atoms with Crippen molar-refractivity contribution < 1.29 is 8.42 Å². The Morgan fingerprint density at radius 3 is 2.14 bits per heavy atom. The second-order valence-electron chi connectivity index (χ2n) is 7.16. The Balaban J connectivity index is 2.39. The number of nitrogens with zero attached hydrogens (tertiary/aromatic N) is 1. The molecule has 1 aromatic carbocycles. The van der Waals surface area contributed by atoms with E-state index in [1.54, 1.807) is 28.2 Å². The number of nitrogens with two attached hydrogens (primary N) is 1. The van der Waals surface area contributed by atoms with Crippen molar-refractivity contribution in [3.05, 3.63) is 39.8 Å². The Bertz CT molecular complexity index is 719. The van der Waals surface area contributed by atoms with Crippen molar-refractivity contribution in [1.29, 1.82) is 0 Å². The highest BCUT2D eigenvalue weighted by Crippen LogP contribution is 2.45. The van der Waals surface area contributed by atoms with E-state index in [4.69, 9.17) is 17.3 Å². The molecule has 0 unspecified atom stereocenters. The second-order valence-corrected chi connectivity index (χ2v) is 15.0. The van der Waals surface area contributed by atoms with Crippen LogP contribution in [0.1, 0.15) is 26.3 Å². The first-order valence-corrected chi connectivity index (χ1v) is 11.9. The molecule has 122 valence electrons. The maximum absolute atomic E-state index is 12.7. The summed E-state index contributed by atoms with van der Waals surface area (Å²) in [6.45, 7) is 10.9. The molecule has 0 bridgehead atoms. The van der Waals surface area contributed by atoms with E-state index in [1.165, 1.54) is 0 Å². The first-order valence-electron chi connectivity index (χ1n) is 7.16. The summed E-state index contributed by atoms with van der Waals surface area (Å²) in [6, 6.07) is 6.91. The quantitative estimate of drug-likeness (QED) is 0.821. The van der Waals surface area contributed by atoms with Gasteiger partial charge in [0, 0.05) is 11.6 Å². The zero-order chi connectivity index (χ0) is 16.9. The first kappa shape index (κ1) is 17.5. The van der Waals surface area contributed by atoms with Crippen LogP contribution in [0.25, 0.3) is 5.70 Å². The van der Waals surface area contributed by atoms with Gasteiger partial charge in [0.1, 0.15) is 8.24 Å². The summed E-state index contributed by atoms with van der Waals surface area (Å²) in [5.74, 6) is 0. The van der Waals surface area contributed by atoms with Crippen LogP contribution >= 0.6 is 11.6 Å². The summed E-state index contributed by atoms with van der Waals surface area (Å²) in [7, 11) is -5.56. The minimum absolute atomic E-state index is 0.0410. The lowest BCUT2D eigenvalue weighted by molar-refractivity contribution is 0.496. The molecule has 0 saturated carbocycles. The van der Waals surface area contributed by atoms with Gasteiger partial charge >= 0.3 is 0 Å². The van der Waals surface area contributed by atoms with Crippen LogP contribution in [0.3, 0.4) is 0 Å². The normalized spacial score (nSPS) is 21.4. The van der Waals surface area contributed by atoms with Gasteiger partial charge in [-0.2, -0.15) is 0 Å². The third-order valence-electron chi connectivity index (χ3n) is 4.80. The Labute approximate surface area is 139 Å². The number of halogens is 1. The molecule has 1 aliphatic heterocycles. The molecule has 0 radical (unpaired) electrons. The highest BCUT2D eigenvalue weighted by molar-refractivity contribution is 7.96. The average molecular weight is 359 g/mol. The van der Waals surface area contributed by atoms with Crippen LogP contribution < -0.4 is 5.73 Å². The highest BCUT2D eigenvalue weighted by atomic mass is 35.5. The van der Waals surface area contributed by atoms with Crippen molar-refractivity contribution in [1.82, 2.24) is 3.97 Å². The summed E-state index contributed by atoms with van der Waals surface area (Å²) >= 11 is 5.86. The van der Waals surface area contributed by atoms with E-state index in [0.29, 0.717) is 27.7 Å². The van der Waals surface area contributed by atoms with Crippen molar-refractivity contribution in [2.24, 2.45) is 5.73 Å². The topological polar surface area (TPSA) is 63.4 Å². The van der Waals surface area contributed by atoms with Crippen LogP contribution in [0.5, 0.6) is 0 Å². The molecular weight excluding hydrogens is 336 g/mol. The van der Waals surface area contributed by atoms with Gasteiger partial charge < -0.3 is 5.73 Å². The number of rotatable bonds is 2. The first-order chi connectivity index (χ1) is 9.89. The predicted octanol–water partition coefficient (Wildman–Crippen LogP) is 3.62. The standard InChI is InChI=1S/C15H23ClN2O2SSi/c1-15(2,3)22(4,5)18-10-13(21(18,19)20)14(17)11-6-8-12(16)9-7-11/h6-9H,10,17H2,1-5H3/b14-13+. The SMILES string of the molecule is CC(C)(C)[Si](C)(C)N1C/C(=C(\N)c2ccc(Cl)cc2)S1(=O)=O. The second kappa shape index (κ2) is 5.37. The van der Waals surface area contributed by atoms with E-state index >= 15 is 0 Å². The van der Waals surface area contributed by atoms with E-state index in [2.05, 4.69) is 33.9 Å². The predicted molar refractivity (Wildman–Crippen MR) is 95.4 cm³/mol. The molecule has 0 aliphatic carbocycles. The monoisotopic (exact) mass is 358 g/mol. The van der Waals surface area contributed by atoms with Crippen molar-refractivity contribution >= 4 is 35.6 Å². The lowest BCUT2D eigenvalue weighted by atomic mass is 10.1.